The molecular weight excluding hydrogens is 318 g/mol. The lowest BCUT2D eigenvalue weighted by molar-refractivity contribution is 0.183. The third kappa shape index (κ3) is 7.18. The van der Waals surface area contributed by atoms with E-state index in [1.54, 1.807) is 11.3 Å². The van der Waals surface area contributed by atoms with Gasteiger partial charge in [-0.15, -0.1) is 11.3 Å². The van der Waals surface area contributed by atoms with Crippen LogP contribution in [-0.4, -0.2) is 55.1 Å². The Morgan fingerprint density at radius 3 is 3.04 bits per heavy atom. The quantitative estimate of drug-likeness (QED) is 0.429. The molecule has 0 aliphatic carbocycles. The van der Waals surface area contributed by atoms with Crippen molar-refractivity contribution in [2.75, 3.05) is 39.3 Å². The van der Waals surface area contributed by atoms with Crippen LogP contribution in [0.25, 0.3) is 0 Å². The molecule has 24 heavy (non-hydrogen) atoms. The average molecular weight is 352 g/mol. The van der Waals surface area contributed by atoms with E-state index in [-0.39, 0.29) is 0 Å². The van der Waals surface area contributed by atoms with E-state index in [2.05, 4.69) is 46.7 Å². The van der Waals surface area contributed by atoms with Gasteiger partial charge in [0.2, 0.25) is 0 Å². The van der Waals surface area contributed by atoms with Crippen LogP contribution < -0.4 is 10.6 Å². The molecule has 136 valence electrons. The first-order valence-electron chi connectivity index (χ1n) is 9.33. The van der Waals surface area contributed by atoms with E-state index in [1.807, 2.05) is 0 Å². The highest BCUT2D eigenvalue weighted by Gasteiger charge is 2.15. The van der Waals surface area contributed by atoms with Crippen molar-refractivity contribution in [3.8, 4) is 0 Å². The molecular formula is C18H33N5S. The van der Waals surface area contributed by atoms with Gasteiger partial charge in [0.25, 0.3) is 0 Å². The van der Waals surface area contributed by atoms with Crippen LogP contribution in [0.4, 0.5) is 0 Å². The number of rotatable bonds is 8. The summed E-state index contributed by atoms with van der Waals surface area (Å²) in [5.74, 6) is 1.78. The highest BCUT2D eigenvalue weighted by atomic mass is 32.1. The molecule has 0 radical (unpaired) electrons. The molecule has 0 amide bonds. The van der Waals surface area contributed by atoms with Crippen LogP contribution in [0.15, 0.2) is 10.4 Å². The number of aromatic nitrogens is 1. The fourth-order valence-corrected chi connectivity index (χ4v) is 3.80. The normalized spacial score (nSPS) is 19.5. The Kier molecular flexibility index (Phi) is 8.53. The van der Waals surface area contributed by atoms with Gasteiger partial charge in [0.1, 0.15) is 0 Å². The molecule has 2 heterocycles. The van der Waals surface area contributed by atoms with Gasteiger partial charge in [-0.2, -0.15) is 0 Å². The Morgan fingerprint density at radius 2 is 2.33 bits per heavy atom. The summed E-state index contributed by atoms with van der Waals surface area (Å²) in [6.45, 7) is 12.9. The zero-order valence-corrected chi connectivity index (χ0v) is 16.3. The molecule has 0 saturated carbocycles. The van der Waals surface area contributed by atoms with Crippen LogP contribution in [0.2, 0.25) is 0 Å². The van der Waals surface area contributed by atoms with Gasteiger partial charge in [-0.3, -0.25) is 4.99 Å². The molecule has 0 aromatic carbocycles. The number of thiazole rings is 1. The third-order valence-corrected chi connectivity index (χ3v) is 5.15. The summed E-state index contributed by atoms with van der Waals surface area (Å²) in [4.78, 5) is 11.8. The van der Waals surface area contributed by atoms with E-state index in [1.165, 1.54) is 38.2 Å². The zero-order valence-electron chi connectivity index (χ0n) is 15.5. The minimum absolute atomic E-state index is 0.857. The summed E-state index contributed by atoms with van der Waals surface area (Å²) in [6, 6.07) is 0. The maximum absolute atomic E-state index is 4.70. The number of likely N-dealkylation sites (tertiary alicyclic amines) is 1. The van der Waals surface area contributed by atoms with Gasteiger partial charge in [-0.05, 0) is 52.1 Å². The molecule has 0 spiro atoms. The molecule has 1 aliphatic heterocycles. The van der Waals surface area contributed by atoms with E-state index >= 15 is 0 Å². The number of hydrogen-bond donors (Lipinski definition) is 2. The molecule has 1 fully saturated rings. The van der Waals surface area contributed by atoms with Crippen molar-refractivity contribution in [2.24, 2.45) is 10.9 Å². The maximum atomic E-state index is 4.70. The molecule has 2 rings (SSSR count). The van der Waals surface area contributed by atoms with E-state index in [0.29, 0.717) is 0 Å². The lowest BCUT2D eigenvalue weighted by atomic mass is 10.0. The second-order valence-electron chi connectivity index (χ2n) is 6.70. The monoisotopic (exact) mass is 351 g/mol. The van der Waals surface area contributed by atoms with Gasteiger partial charge in [0.15, 0.2) is 5.96 Å². The summed E-state index contributed by atoms with van der Waals surface area (Å²) in [6.07, 6.45) is 4.82. The summed E-state index contributed by atoms with van der Waals surface area (Å²) < 4.78 is 0. The number of piperidine rings is 1. The Bertz CT molecular complexity index is 499. The van der Waals surface area contributed by atoms with Crippen LogP contribution in [-0.2, 0) is 6.42 Å². The van der Waals surface area contributed by atoms with E-state index in [9.17, 15) is 0 Å². The van der Waals surface area contributed by atoms with Crippen molar-refractivity contribution >= 4 is 17.3 Å². The molecule has 2 N–H and O–H groups in total. The van der Waals surface area contributed by atoms with Crippen molar-refractivity contribution in [2.45, 2.75) is 46.5 Å². The van der Waals surface area contributed by atoms with Gasteiger partial charge in [-0.1, -0.05) is 6.92 Å². The summed E-state index contributed by atoms with van der Waals surface area (Å²) in [7, 11) is 0. The summed E-state index contributed by atoms with van der Waals surface area (Å²) in [5, 5.41) is 10.0. The molecule has 5 nitrogen and oxygen atoms in total. The van der Waals surface area contributed by atoms with E-state index < -0.39 is 0 Å². The Morgan fingerprint density at radius 1 is 1.46 bits per heavy atom. The Hall–Kier alpha value is -1.14. The predicted molar refractivity (Wildman–Crippen MR) is 104 cm³/mol. The molecule has 1 unspecified atom stereocenters. The zero-order chi connectivity index (χ0) is 17.2. The number of hydrogen-bond acceptors (Lipinski definition) is 4. The summed E-state index contributed by atoms with van der Waals surface area (Å²) in [5.41, 5.74) is 1.17. The van der Waals surface area contributed by atoms with E-state index in [4.69, 9.17) is 4.99 Å². The first-order valence-corrected chi connectivity index (χ1v) is 10.2. The van der Waals surface area contributed by atoms with Crippen molar-refractivity contribution in [1.29, 1.82) is 0 Å². The van der Waals surface area contributed by atoms with Crippen LogP contribution >= 0.6 is 11.3 Å². The third-order valence-electron chi connectivity index (χ3n) is 4.33. The van der Waals surface area contributed by atoms with Gasteiger partial charge in [0, 0.05) is 38.0 Å². The first kappa shape index (κ1) is 19.2. The minimum atomic E-state index is 0.857. The lowest BCUT2D eigenvalue weighted by Gasteiger charge is -2.30. The van der Waals surface area contributed by atoms with Crippen molar-refractivity contribution < 1.29 is 0 Å². The average Bonchev–Trinajstić information content (AvgIpc) is 2.97. The van der Waals surface area contributed by atoms with Crippen LogP contribution in [0.3, 0.4) is 0 Å². The largest absolute Gasteiger partial charge is 0.357 e. The minimum Gasteiger partial charge on any atom is -0.357 e. The highest BCUT2D eigenvalue weighted by Crippen LogP contribution is 2.15. The molecule has 1 aromatic rings. The molecule has 1 aliphatic rings. The fourth-order valence-electron chi connectivity index (χ4n) is 3.15. The van der Waals surface area contributed by atoms with E-state index in [0.717, 1.165) is 49.4 Å². The van der Waals surface area contributed by atoms with Gasteiger partial charge < -0.3 is 15.5 Å². The molecule has 1 saturated heterocycles. The van der Waals surface area contributed by atoms with Crippen LogP contribution in [0.5, 0.6) is 0 Å². The molecule has 6 heteroatoms. The predicted octanol–water partition coefficient (Wildman–Crippen LogP) is 2.67. The number of aliphatic imine (C=N–C) groups is 1. The molecule has 1 atom stereocenters. The van der Waals surface area contributed by atoms with Gasteiger partial charge in [0.05, 0.1) is 10.7 Å². The highest BCUT2D eigenvalue weighted by molar-refractivity contribution is 7.09. The maximum Gasteiger partial charge on any atom is 0.191 e. The topological polar surface area (TPSA) is 52.6 Å². The Labute approximate surface area is 151 Å². The second kappa shape index (κ2) is 10.7. The molecule has 1 aromatic heterocycles. The SMILES string of the molecule is CCNC(=NCCCN1CCCC(C)C1)NCCc1csc(C)n1. The van der Waals surface area contributed by atoms with Crippen molar-refractivity contribution in [3.63, 3.8) is 0 Å². The molecule has 0 bridgehead atoms. The Balaban J connectivity index is 1.65. The fraction of sp³-hybridized carbons (Fsp3) is 0.778. The second-order valence-corrected chi connectivity index (χ2v) is 7.76. The van der Waals surface area contributed by atoms with Gasteiger partial charge >= 0.3 is 0 Å². The van der Waals surface area contributed by atoms with Crippen LogP contribution in [0.1, 0.15) is 43.8 Å². The van der Waals surface area contributed by atoms with Crippen LogP contribution in [0, 0.1) is 12.8 Å². The summed E-state index contributed by atoms with van der Waals surface area (Å²) >= 11 is 1.71. The standard InChI is InChI=1S/C18H33N5S/c1-4-19-18(21-10-8-17-14-24-16(3)22-17)20-9-6-12-23-11-5-7-15(2)13-23/h14-15H,4-13H2,1-3H3,(H2,19,20,21). The number of nitrogens with zero attached hydrogens (tertiary/aromatic N) is 3. The number of guanidine groups is 1. The smallest absolute Gasteiger partial charge is 0.191 e. The lowest BCUT2D eigenvalue weighted by Crippen LogP contribution is -2.38. The first-order chi connectivity index (χ1) is 11.7. The van der Waals surface area contributed by atoms with Gasteiger partial charge in [-0.25, -0.2) is 4.98 Å². The van der Waals surface area contributed by atoms with Crippen molar-refractivity contribution in [1.82, 2.24) is 20.5 Å². The van der Waals surface area contributed by atoms with Crippen molar-refractivity contribution in [3.05, 3.63) is 16.1 Å². The number of aryl methyl sites for hydroxylation is 1. The number of nitrogens with one attached hydrogen (secondary N) is 2.